The maximum atomic E-state index is 13.2. The topological polar surface area (TPSA) is 79.5 Å². The van der Waals surface area contributed by atoms with Crippen LogP contribution in [0.15, 0.2) is 36.4 Å². The number of anilines is 2. The molecule has 0 aromatic heterocycles. The molecule has 11 heteroatoms. The smallest absolute Gasteiger partial charge is 0.406 e. The summed E-state index contributed by atoms with van der Waals surface area (Å²) in [7, 11) is 0. The molecule has 0 heterocycles. The quantitative estimate of drug-likeness (QED) is 0.653. The number of alkyl halides is 3. The molecule has 0 fully saturated rings. The molecule has 0 unspecified atom stereocenters. The fourth-order valence-corrected chi connectivity index (χ4v) is 2.19. The van der Waals surface area contributed by atoms with Gasteiger partial charge in [0, 0.05) is 24.4 Å². The lowest BCUT2D eigenvalue weighted by molar-refractivity contribution is -0.274. The van der Waals surface area contributed by atoms with Gasteiger partial charge in [0.2, 0.25) is 0 Å². The van der Waals surface area contributed by atoms with Crippen LogP contribution in [0.25, 0.3) is 0 Å². The monoisotopic (exact) mass is 403 g/mol. The molecule has 2 aromatic carbocycles. The number of urea groups is 1. The van der Waals surface area contributed by atoms with Crippen molar-refractivity contribution in [1.29, 1.82) is 0 Å². The standard InChI is InChI=1S/C17H14F5N3O3/c1-2-23-15(26)13-4-3-12(28-17(20,21)22)8-14(13)25-16(27)24-11-6-9(18)5-10(19)7-11/h3-8H,2H2,1H3,(H,23,26)(H2,24,25,27). The van der Waals surface area contributed by atoms with Crippen LogP contribution in [0.3, 0.4) is 0 Å². The van der Waals surface area contributed by atoms with Crippen molar-refractivity contribution in [3.05, 3.63) is 53.6 Å². The molecule has 150 valence electrons. The number of benzene rings is 2. The normalized spacial score (nSPS) is 10.9. The second-order valence-corrected chi connectivity index (χ2v) is 5.35. The summed E-state index contributed by atoms with van der Waals surface area (Å²) in [5, 5.41) is 6.71. The van der Waals surface area contributed by atoms with Crippen molar-refractivity contribution in [3.8, 4) is 5.75 Å². The molecule has 0 saturated carbocycles. The molecule has 0 saturated heterocycles. The van der Waals surface area contributed by atoms with Crippen LogP contribution in [0.2, 0.25) is 0 Å². The average Bonchev–Trinajstić information content (AvgIpc) is 2.52. The summed E-state index contributed by atoms with van der Waals surface area (Å²) >= 11 is 0. The van der Waals surface area contributed by atoms with Gasteiger partial charge in [-0.15, -0.1) is 13.2 Å². The molecule has 3 N–H and O–H groups in total. The lowest BCUT2D eigenvalue weighted by atomic mass is 10.1. The first-order valence-electron chi connectivity index (χ1n) is 7.79. The molecule has 2 rings (SSSR count). The van der Waals surface area contributed by atoms with Gasteiger partial charge in [0.25, 0.3) is 5.91 Å². The maximum absolute atomic E-state index is 13.2. The molecule has 2 aromatic rings. The highest BCUT2D eigenvalue weighted by Crippen LogP contribution is 2.28. The third kappa shape index (κ3) is 6.11. The lowest BCUT2D eigenvalue weighted by Crippen LogP contribution is -2.26. The van der Waals surface area contributed by atoms with Gasteiger partial charge in [-0.2, -0.15) is 0 Å². The van der Waals surface area contributed by atoms with Crippen LogP contribution in [0.5, 0.6) is 5.75 Å². The second kappa shape index (κ2) is 8.55. The number of carbonyl (C=O) groups excluding carboxylic acids is 2. The van der Waals surface area contributed by atoms with E-state index in [2.05, 4.69) is 20.7 Å². The van der Waals surface area contributed by atoms with Crippen molar-refractivity contribution < 1.29 is 36.3 Å². The van der Waals surface area contributed by atoms with E-state index in [1.807, 2.05) is 0 Å². The van der Waals surface area contributed by atoms with E-state index in [1.54, 1.807) is 6.92 Å². The molecule has 0 radical (unpaired) electrons. The maximum Gasteiger partial charge on any atom is 0.573 e. The van der Waals surface area contributed by atoms with E-state index in [0.29, 0.717) is 6.07 Å². The first-order chi connectivity index (χ1) is 13.1. The van der Waals surface area contributed by atoms with Crippen LogP contribution in [-0.4, -0.2) is 24.8 Å². The fourth-order valence-electron chi connectivity index (χ4n) is 2.19. The molecule has 0 spiro atoms. The summed E-state index contributed by atoms with van der Waals surface area (Å²) in [6.07, 6.45) is -4.98. The van der Waals surface area contributed by atoms with Crippen molar-refractivity contribution >= 4 is 23.3 Å². The number of halogens is 5. The molecular formula is C17H14F5N3O3. The van der Waals surface area contributed by atoms with E-state index in [4.69, 9.17) is 0 Å². The Morgan fingerprint density at radius 2 is 1.64 bits per heavy atom. The minimum Gasteiger partial charge on any atom is -0.406 e. The van der Waals surface area contributed by atoms with Gasteiger partial charge in [-0.05, 0) is 31.2 Å². The highest BCUT2D eigenvalue weighted by Gasteiger charge is 2.31. The molecule has 6 nitrogen and oxygen atoms in total. The first kappa shape index (κ1) is 20.9. The summed E-state index contributed by atoms with van der Waals surface area (Å²) in [6, 6.07) is 3.94. The Morgan fingerprint density at radius 3 is 2.21 bits per heavy atom. The van der Waals surface area contributed by atoms with Crippen molar-refractivity contribution in [2.75, 3.05) is 17.2 Å². The Labute approximate surface area is 155 Å². The van der Waals surface area contributed by atoms with Gasteiger partial charge in [-0.25, -0.2) is 13.6 Å². The number of rotatable bonds is 5. The number of nitrogens with one attached hydrogen (secondary N) is 3. The highest BCUT2D eigenvalue weighted by atomic mass is 19.4. The SMILES string of the molecule is CCNC(=O)c1ccc(OC(F)(F)F)cc1NC(=O)Nc1cc(F)cc(F)c1. The summed E-state index contributed by atoms with van der Waals surface area (Å²) in [5.41, 5.74) is -0.684. The molecule has 28 heavy (non-hydrogen) atoms. The van der Waals surface area contributed by atoms with Gasteiger partial charge < -0.3 is 20.7 Å². The molecule has 0 bridgehead atoms. The Kier molecular flexibility index (Phi) is 6.39. The van der Waals surface area contributed by atoms with Crippen LogP contribution in [-0.2, 0) is 0 Å². The summed E-state index contributed by atoms with van der Waals surface area (Å²) in [5.74, 6) is -3.22. The van der Waals surface area contributed by atoms with Crippen molar-refractivity contribution in [2.45, 2.75) is 13.3 Å². The predicted molar refractivity (Wildman–Crippen MR) is 90.1 cm³/mol. The third-order valence-corrected chi connectivity index (χ3v) is 3.18. The zero-order valence-electron chi connectivity index (χ0n) is 14.3. The van der Waals surface area contributed by atoms with Gasteiger partial charge >= 0.3 is 12.4 Å². The molecule has 0 atom stereocenters. The highest BCUT2D eigenvalue weighted by molar-refractivity contribution is 6.06. The van der Waals surface area contributed by atoms with E-state index in [0.717, 1.165) is 30.3 Å². The molecule has 0 aliphatic heterocycles. The van der Waals surface area contributed by atoms with Crippen LogP contribution in [0, 0.1) is 11.6 Å². The molecule has 0 aliphatic rings. The van der Waals surface area contributed by atoms with E-state index >= 15 is 0 Å². The van der Waals surface area contributed by atoms with E-state index in [-0.39, 0.29) is 23.5 Å². The minimum atomic E-state index is -4.98. The largest absolute Gasteiger partial charge is 0.573 e. The zero-order chi connectivity index (χ0) is 20.9. The number of hydrogen-bond acceptors (Lipinski definition) is 3. The number of amides is 3. The first-order valence-corrected chi connectivity index (χ1v) is 7.79. The van der Waals surface area contributed by atoms with Crippen molar-refractivity contribution in [1.82, 2.24) is 5.32 Å². The van der Waals surface area contributed by atoms with Gasteiger partial charge in [0.1, 0.15) is 17.4 Å². The fraction of sp³-hybridized carbons (Fsp3) is 0.176. The zero-order valence-corrected chi connectivity index (χ0v) is 14.3. The number of hydrogen-bond donors (Lipinski definition) is 3. The van der Waals surface area contributed by atoms with E-state index in [9.17, 15) is 31.5 Å². The van der Waals surface area contributed by atoms with Gasteiger partial charge in [0.05, 0.1) is 11.3 Å². The Hall–Kier alpha value is -3.37. The average molecular weight is 403 g/mol. The lowest BCUT2D eigenvalue weighted by Gasteiger charge is -2.15. The Bertz CT molecular complexity index is 867. The van der Waals surface area contributed by atoms with Gasteiger partial charge in [0.15, 0.2) is 0 Å². The van der Waals surface area contributed by atoms with Crippen molar-refractivity contribution in [3.63, 3.8) is 0 Å². The van der Waals surface area contributed by atoms with Crippen LogP contribution in [0.4, 0.5) is 38.1 Å². The molecule has 3 amide bonds. The molecular weight excluding hydrogens is 389 g/mol. The van der Waals surface area contributed by atoms with Crippen LogP contribution >= 0.6 is 0 Å². The Morgan fingerprint density at radius 1 is 1.00 bits per heavy atom. The summed E-state index contributed by atoms with van der Waals surface area (Å²) in [6.45, 7) is 1.85. The summed E-state index contributed by atoms with van der Waals surface area (Å²) < 4.78 is 67.4. The summed E-state index contributed by atoms with van der Waals surface area (Å²) in [4.78, 5) is 24.1. The van der Waals surface area contributed by atoms with Gasteiger partial charge in [-0.1, -0.05) is 0 Å². The van der Waals surface area contributed by atoms with Crippen molar-refractivity contribution in [2.24, 2.45) is 0 Å². The van der Waals surface area contributed by atoms with Gasteiger partial charge in [-0.3, -0.25) is 4.79 Å². The minimum absolute atomic E-state index is 0.142. The third-order valence-electron chi connectivity index (χ3n) is 3.18. The predicted octanol–water partition coefficient (Wildman–Crippen LogP) is 4.26. The number of ether oxygens (including phenoxy) is 1. The molecule has 0 aliphatic carbocycles. The van der Waals surface area contributed by atoms with Crippen LogP contribution in [0.1, 0.15) is 17.3 Å². The van der Waals surface area contributed by atoms with E-state index < -0.39 is 35.7 Å². The second-order valence-electron chi connectivity index (χ2n) is 5.35. The Balaban J connectivity index is 2.27. The van der Waals surface area contributed by atoms with Crippen LogP contribution < -0.4 is 20.7 Å². The van der Waals surface area contributed by atoms with E-state index in [1.165, 1.54) is 0 Å². The number of carbonyl (C=O) groups is 2.